The third-order valence-corrected chi connectivity index (χ3v) is 2.28. The molecule has 0 aromatic heterocycles. The van der Waals surface area contributed by atoms with Crippen LogP contribution in [0.1, 0.15) is 12.0 Å². The van der Waals surface area contributed by atoms with Gasteiger partial charge in [0, 0.05) is 13.0 Å². The maximum Gasteiger partial charge on any atom is 0.237 e. The van der Waals surface area contributed by atoms with Crippen molar-refractivity contribution in [3.05, 3.63) is 35.6 Å². The van der Waals surface area contributed by atoms with Gasteiger partial charge >= 0.3 is 0 Å². The average Bonchev–Trinajstić information content (AvgIpc) is 2.29. The van der Waals surface area contributed by atoms with Crippen LogP contribution in [0.2, 0.25) is 0 Å². The van der Waals surface area contributed by atoms with E-state index in [0.29, 0.717) is 13.0 Å². The smallest absolute Gasteiger partial charge is 0.237 e. The second-order valence-corrected chi connectivity index (χ2v) is 3.69. The predicted molar refractivity (Wildman–Crippen MR) is 64.5 cm³/mol. The maximum atomic E-state index is 12.9. The Hall–Kier alpha value is -1.86. The van der Waals surface area contributed by atoms with Crippen LogP contribution in [0.25, 0.3) is 0 Å². The number of nitrogens with one attached hydrogen (secondary N) is 1. The summed E-state index contributed by atoms with van der Waals surface area (Å²) in [6.45, 7) is 0.417. The molecule has 1 unspecified atom stereocenters. The van der Waals surface area contributed by atoms with Gasteiger partial charge in [0.2, 0.25) is 5.91 Å². The number of nitrogens with two attached hydrogens (primary N) is 1. The van der Waals surface area contributed by atoms with Gasteiger partial charge in [-0.15, -0.1) is 12.3 Å². The lowest BCUT2D eigenvalue weighted by molar-refractivity contribution is -0.122. The highest BCUT2D eigenvalue weighted by Crippen LogP contribution is 2.03. The Labute approximate surface area is 100 Å². The Morgan fingerprint density at radius 3 is 3.00 bits per heavy atom. The van der Waals surface area contributed by atoms with E-state index in [4.69, 9.17) is 12.2 Å². The molecule has 0 aliphatic rings. The molecule has 0 heterocycles. The minimum Gasteiger partial charge on any atom is -0.354 e. The molecule has 0 saturated heterocycles. The van der Waals surface area contributed by atoms with Crippen molar-refractivity contribution in [2.24, 2.45) is 5.73 Å². The van der Waals surface area contributed by atoms with Gasteiger partial charge in [0.1, 0.15) is 5.82 Å². The predicted octanol–water partition coefficient (Wildman–Crippen LogP) is 0.835. The number of benzene rings is 1. The van der Waals surface area contributed by atoms with Crippen molar-refractivity contribution in [2.45, 2.75) is 18.9 Å². The number of rotatable bonds is 5. The van der Waals surface area contributed by atoms with Gasteiger partial charge in [-0.25, -0.2) is 4.39 Å². The van der Waals surface area contributed by atoms with Crippen LogP contribution in [0.15, 0.2) is 24.3 Å². The van der Waals surface area contributed by atoms with Crippen LogP contribution in [-0.4, -0.2) is 18.5 Å². The van der Waals surface area contributed by atoms with Gasteiger partial charge < -0.3 is 11.1 Å². The molecule has 90 valence electrons. The van der Waals surface area contributed by atoms with Crippen molar-refractivity contribution in [2.75, 3.05) is 6.54 Å². The van der Waals surface area contributed by atoms with Crippen molar-refractivity contribution in [1.29, 1.82) is 0 Å². The molecule has 3 N–H and O–H groups in total. The molecule has 0 fully saturated rings. The molecule has 0 aliphatic heterocycles. The largest absolute Gasteiger partial charge is 0.354 e. The topological polar surface area (TPSA) is 55.1 Å². The minimum absolute atomic E-state index is 0.214. The van der Waals surface area contributed by atoms with E-state index >= 15 is 0 Å². The van der Waals surface area contributed by atoms with Gasteiger partial charge in [-0.2, -0.15) is 0 Å². The first-order valence-corrected chi connectivity index (χ1v) is 5.34. The zero-order valence-electron chi connectivity index (χ0n) is 9.45. The molecule has 1 amide bonds. The van der Waals surface area contributed by atoms with E-state index in [9.17, 15) is 9.18 Å². The Bertz CT molecular complexity index is 426. The summed E-state index contributed by atoms with van der Waals surface area (Å²) in [5.41, 5.74) is 6.35. The molecule has 1 rings (SSSR count). The first-order chi connectivity index (χ1) is 8.13. The fourth-order valence-electron chi connectivity index (χ4n) is 1.37. The minimum atomic E-state index is -0.674. The molecule has 1 aromatic rings. The summed E-state index contributed by atoms with van der Waals surface area (Å²) in [6, 6.07) is 5.58. The molecule has 0 radical (unpaired) electrons. The molecule has 1 atom stereocenters. The van der Waals surface area contributed by atoms with E-state index < -0.39 is 6.04 Å². The fourth-order valence-corrected chi connectivity index (χ4v) is 1.37. The summed E-state index contributed by atoms with van der Waals surface area (Å²) >= 11 is 0. The van der Waals surface area contributed by atoms with Crippen molar-refractivity contribution in [3.63, 3.8) is 0 Å². The molecule has 17 heavy (non-hydrogen) atoms. The van der Waals surface area contributed by atoms with Crippen LogP contribution in [0.5, 0.6) is 0 Å². The summed E-state index contributed by atoms with van der Waals surface area (Å²) in [5.74, 6) is 1.77. The zero-order valence-corrected chi connectivity index (χ0v) is 9.45. The normalized spacial score (nSPS) is 11.6. The first-order valence-electron chi connectivity index (χ1n) is 5.34. The number of hydrogen-bond acceptors (Lipinski definition) is 2. The third-order valence-electron chi connectivity index (χ3n) is 2.28. The van der Waals surface area contributed by atoms with Crippen molar-refractivity contribution < 1.29 is 9.18 Å². The fraction of sp³-hybridized carbons (Fsp3) is 0.308. The highest BCUT2D eigenvalue weighted by atomic mass is 19.1. The van der Waals surface area contributed by atoms with Gasteiger partial charge in [0.05, 0.1) is 6.04 Å². The van der Waals surface area contributed by atoms with Crippen LogP contribution >= 0.6 is 0 Å². The van der Waals surface area contributed by atoms with Crippen LogP contribution in [-0.2, 0) is 11.2 Å². The molecule has 0 bridgehead atoms. The maximum absolute atomic E-state index is 12.9. The standard InChI is InChI=1S/C13H15FN2O/c1-2-4-12(15)13(17)16-8-7-10-5-3-6-11(14)9-10/h1,3,5-6,9,12H,4,7-8,15H2,(H,16,17). The summed E-state index contributed by atoms with van der Waals surface area (Å²) in [6.07, 6.45) is 5.83. The van der Waals surface area contributed by atoms with Crippen molar-refractivity contribution in [3.8, 4) is 12.3 Å². The molecular formula is C13H15FN2O. The number of terminal acetylenes is 1. The third kappa shape index (κ3) is 4.66. The van der Waals surface area contributed by atoms with Gasteiger partial charge in [0.25, 0.3) is 0 Å². The van der Waals surface area contributed by atoms with E-state index in [0.717, 1.165) is 5.56 Å². The summed E-state index contributed by atoms with van der Waals surface area (Å²) < 4.78 is 12.9. The molecular weight excluding hydrogens is 219 g/mol. The lowest BCUT2D eigenvalue weighted by Crippen LogP contribution is -2.41. The summed E-state index contributed by atoms with van der Waals surface area (Å²) in [7, 11) is 0. The number of hydrogen-bond donors (Lipinski definition) is 2. The first kappa shape index (κ1) is 13.2. The van der Waals surface area contributed by atoms with Gasteiger partial charge in [0.15, 0.2) is 0 Å². The zero-order chi connectivity index (χ0) is 12.7. The monoisotopic (exact) mass is 234 g/mol. The molecule has 1 aromatic carbocycles. The van der Waals surface area contributed by atoms with Crippen molar-refractivity contribution >= 4 is 5.91 Å². The van der Waals surface area contributed by atoms with Crippen LogP contribution in [0.4, 0.5) is 4.39 Å². The molecule has 0 spiro atoms. The molecule has 0 saturated carbocycles. The Morgan fingerprint density at radius 1 is 1.59 bits per heavy atom. The molecule has 4 heteroatoms. The van der Waals surface area contributed by atoms with E-state index in [1.54, 1.807) is 12.1 Å². The Balaban J connectivity index is 2.33. The van der Waals surface area contributed by atoms with Gasteiger partial charge in [-0.3, -0.25) is 4.79 Å². The lowest BCUT2D eigenvalue weighted by atomic mass is 10.1. The van der Waals surface area contributed by atoms with Crippen LogP contribution < -0.4 is 11.1 Å². The molecule has 3 nitrogen and oxygen atoms in total. The quantitative estimate of drug-likeness (QED) is 0.742. The summed E-state index contributed by atoms with van der Waals surface area (Å²) in [4.78, 5) is 11.4. The Morgan fingerprint density at radius 2 is 2.35 bits per heavy atom. The highest BCUT2D eigenvalue weighted by Gasteiger charge is 2.10. The number of carbonyl (C=O) groups is 1. The van der Waals surface area contributed by atoms with Gasteiger partial charge in [-0.05, 0) is 24.1 Å². The SMILES string of the molecule is C#CCC(N)C(=O)NCCc1cccc(F)c1. The average molecular weight is 234 g/mol. The van der Waals surface area contributed by atoms with E-state index in [1.807, 2.05) is 0 Å². The van der Waals surface area contributed by atoms with Crippen molar-refractivity contribution in [1.82, 2.24) is 5.32 Å². The summed E-state index contributed by atoms with van der Waals surface area (Å²) in [5, 5.41) is 2.65. The highest BCUT2D eigenvalue weighted by molar-refractivity contribution is 5.81. The van der Waals surface area contributed by atoms with Crippen LogP contribution in [0, 0.1) is 18.2 Å². The number of halogens is 1. The lowest BCUT2D eigenvalue weighted by Gasteiger charge is -2.09. The Kier molecular flexibility index (Phi) is 5.18. The number of carbonyl (C=O) groups excluding carboxylic acids is 1. The van der Waals surface area contributed by atoms with E-state index in [-0.39, 0.29) is 18.1 Å². The second kappa shape index (κ2) is 6.66. The van der Waals surface area contributed by atoms with Crippen LogP contribution in [0.3, 0.4) is 0 Å². The van der Waals surface area contributed by atoms with E-state index in [1.165, 1.54) is 12.1 Å². The van der Waals surface area contributed by atoms with Gasteiger partial charge in [-0.1, -0.05) is 12.1 Å². The van der Waals surface area contributed by atoms with E-state index in [2.05, 4.69) is 11.2 Å². The molecule has 0 aliphatic carbocycles. The number of amides is 1. The second-order valence-electron chi connectivity index (χ2n) is 3.69.